The Morgan fingerprint density at radius 2 is 2.12 bits per heavy atom. The Bertz CT molecular complexity index is 836. The maximum atomic E-state index is 12.5. The summed E-state index contributed by atoms with van der Waals surface area (Å²) in [7, 11) is 1.50. The van der Waals surface area contributed by atoms with Gasteiger partial charge in [0.2, 0.25) is 0 Å². The Kier molecular flexibility index (Phi) is 4.31. The minimum absolute atomic E-state index is 0.0280. The molecule has 0 bridgehead atoms. The molecule has 0 saturated heterocycles. The first-order valence-electron chi connectivity index (χ1n) is 7.20. The van der Waals surface area contributed by atoms with Crippen molar-refractivity contribution in [3.8, 4) is 11.5 Å². The number of carbonyl (C=O) groups is 2. The first-order chi connectivity index (χ1) is 11.5. The van der Waals surface area contributed by atoms with Gasteiger partial charge in [-0.15, -0.1) is 0 Å². The van der Waals surface area contributed by atoms with Gasteiger partial charge in [-0.3, -0.25) is 9.59 Å². The molecule has 0 aliphatic carbocycles. The number of nitrogens with one attached hydrogen (secondary N) is 2. The summed E-state index contributed by atoms with van der Waals surface area (Å²) in [6, 6.07) is 8.22. The minimum atomic E-state index is -0.336. The molecule has 0 spiro atoms. The van der Waals surface area contributed by atoms with Crippen LogP contribution in [0.1, 0.15) is 15.9 Å². The van der Waals surface area contributed by atoms with Gasteiger partial charge in [0.25, 0.3) is 11.8 Å². The number of rotatable bonds is 3. The number of aryl methyl sites for hydroxylation is 1. The molecule has 1 heterocycles. The monoisotopic (exact) mass is 346 g/mol. The van der Waals surface area contributed by atoms with Crippen LogP contribution in [0.25, 0.3) is 0 Å². The van der Waals surface area contributed by atoms with E-state index in [4.69, 9.17) is 21.1 Å². The van der Waals surface area contributed by atoms with Crippen molar-refractivity contribution in [1.82, 2.24) is 0 Å². The second-order valence-electron chi connectivity index (χ2n) is 5.30. The number of carbonyl (C=O) groups excluding carboxylic acids is 2. The van der Waals surface area contributed by atoms with Crippen LogP contribution in [0, 0.1) is 6.92 Å². The van der Waals surface area contributed by atoms with Crippen molar-refractivity contribution < 1.29 is 19.1 Å². The smallest absolute Gasteiger partial charge is 0.262 e. The summed E-state index contributed by atoms with van der Waals surface area (Å²) < 4.78 is 10.5. The second kappa shape index (κ2) is 6.41. The van der Waals surface area contributed by atoms with Crippen molar-refractivity contribution in [1.29, 1.82) is 0 Å². The van der Waals surface area contributed by atoms with Gasteiger partial charge in [0, 0.05) is 16.7 Å². The fraction of sp³-hybridized carbons (Fsp3) is 0.176. The molecule has 0 fully saturated rings. The number of halogens is 1. The average molecular weight is 347 g/mol. The molecule has 1 aliphatic rings. The van der Waals surface area contributed by atoms with Crippen molar-refractivity contribution in [2.24, 2.45) is 0 Å². The number of methoxy groups -OCH3 is 1. The third-order valence-electron chi connectivity index (χ3n) is 3.60. The third kappa shape index (κ3) is 3.14. The molecule has 1 aliphatic heterocycles. The Morgan fingerprint density at radius 3 is 2.88 bits per heavy atom. The van der Waals surface area contributed by atoms with Crippen LogP contribution in [-0.2, 0) is 4.79 Å². The van der Waals surface area contributed by atoms with E-state index in [0.717, 1.165) is 5.56 Å². The molecule has 6 nitrogen and oxygen atoms in total. The lowest BCUT2D eigenvalue weighted by atomic mass is 10.1. The van der Waals surface area contributed by atoms with Crippen molar-refractivity contribution in [2.45, 2.75) is 6.92 Å². The normalized spacial score (nSPS) is 12.7. The summed E-state index contributed by atoms with van der Waals surface area (Å²) >= 11 is 6.06. The van der Waals surface area contributed by atoms with Gasteiger partial charge in [0.05, 0.1) is 18.5 Å². The van der Waals surface area contributed by atoms with E-state index in [9.17, 15) is 9.59 Å². The summed E-state index contributed by atoms with van der Waals surface area (Å²) in [4.78, 5) is 23.9. The van der Waals surface area contributed by atoms with Gasteiger partial charge in [0.1, 0.15) is 11.5 Å². The van der Waals surface area contributed by atoms with Crippen LogP contribution >= 0.6 is 11.6 Å². The summed E-state index contributed by atoms with van der Waals surface area (Å²) in [5, 5.41) is 6.01. The van der Waals surface area contributed by atoms with Crippen molar-refractivity contribution >= 4 is 34.8 Å². The molecule has 0 unspecified atom stereocenters. The number of hydrogen-bond acceptors (Lipinski definition) is 4. The van der Waals surface area contributed by atoms with Crippen LogP contribution in [0.5, 0.6) is 11.5 Å². The van der Waals surface area contributed by atoms with Gasteiger partial charge in [0.15, 0.2) is 6.61 Å². The fourth-order valence-electron chi connectivity index (χ4n) is 2.35. The number of amides is 2. The zero-order valence-corrected chi connectivity index (χ0v) is 13.9. The van der Waals surface area contributed by atoms with Crippen LogP contribution < -0.4 is 20.1 Å². The van der Waals surface area contributed by atoms with E-state index in [1.54, 1.807) is 30.3 Å². The van der Waals surface area contributed by atoms with Gasteiger partial charge in [-0.25, -0.2) is 0 Å². The maximum absolute atomic E-state index is 12.5. The zero-order chi connectivity index (χ0) is 17.3. The molecule has 0 saturated carbocycles. The molecule has 2 aromatic rings. The maximum Gasteiger partial charge on any atom is 0.262 e. The molecule has 2 amide bonds. The van der Waals surface area contributed by atoms with E-state index in [1.165, 1.54) is 7.11 Å². The first kappa shape index (κ1) is 16.1. The van der Waals surface area contributed by atoms with E-state index >= 15 is 0 Å². The Labute approximate surface area is 143 Å². The molecular weight excluding hydrogens is 332 g/mol. The second-order valence-corrected chi connectivity index (χ2v) is 5.71. The largest absolute Gasteiger partial charge is 0.495 e. The predicted molar refractivity (Wildman–Crippen MR) is 91.3 cm³/mol. The molecule has 0 radical (unpaired) electrons. The van der Waals surface area contributed by atoms with Gasteiger partial charge >= 0.3 is 0 Å². The van der Waals surface area contributed by atoms with E-state index in [-0.39, 0.29) is 18.4 Å². The highest BCUT2D eigenvalue weighted by molar-refractivity contribution is 6.31. The topological polar surface area (TPSA) is 76.7 Å². The predicted octanol–water partition coefficient (Wildman–Crippen LogP) is 3.24. The number of ether oxygens (including phenoxy) is 2. The SMILES string of the molecule is COc1cc(Cl)c(C)cc1NC(=O)c1ccc2c(c1)NC(=O)CO2. The lowest BCUT2D eigenvalue weighted by Crippen LogP contribution is -2.25. The average Bonchev–Trinajstić information content (AvgIpc) is 2.57. The Balaban J connectivity index is 1.87. The summed E-state index contributed by atoms with van der Waals surface area (Å²) in [6.45, 7) is 1.81. The zero-order valence-electron chi connectivity index (χ0n) is 13.1. The molecule has 24 heavy (non-hydrogen) atoms. The van der Waals surface area contributed by atoms with Crippen LogP contribution in [0.4, 0.5) is 11.4 Å². The summed E-state index contributed by atoms with van der Waals surface area (Å²) in [5.74, 6) is 0.410. The minimum Gasteiger partial charge on any atom is -0.495 e. The van der Waals surface area contributed by atoms with E-state index in [0.29, 0.717) is 33.5 Å². The number of hydrogen-bond donors (Lipinski definition) is 2. The molecule has 124 valence electrons. The van der Waals surface area contributed by atoms with Crippen molar-refractivity contribution in [3.63, 3.8) is 0 Å². The highest BCUT2D eigenvalue weighted by Gasteiger charge is 2.18. The Morgan fingerprint density at radius 1 is 1.33 bits per heavy atom. The van der Waals surface area contributed by atoms with E-state index < -0.39 is 0 Å². The van der Waals surface area contributed by atoms with Gasteiger partial charge in [-0.05, 0) is 36.8 Å². The van der Waals surface area contributed by atoms with Gasteiger partial charge in [-0.1, -0.05) is 11.6 Å². The quantitative estimate of drug-likeness (QED) is 0.894. The summed E-state index contributed by atoms with van der Waals surface area (Å²) in [6.07, 6.45) is 0. The molecular formula is C17H15ClN2O4. The fourth-order valence-corrected chi connectivity index (χ4v) is 2.50. The molecule has 2 aromatic carbocycles. The molecule has 3 rings (SSSR count). The van der Waals surface area contributed by atoms with Gasteiger partial charge < -0.3 is 20.1 Å². The molecule has 7 heteroatoms. The third-order valence-corrected chi connectivity index (χ3v) is 4.01. The van der Waals surface area contributed by atoms with Crippen LogP contribution in [0.2, 0.25) is 5.02 Å². The van der Waals surface area contributed by atoms with Crippen molar-refractivity contribution in [3.05, 3.63) is 46.5 Å². The molecule has 0 aromatic heterocycles. The van der Waals surface area contributed by atoms with E-state index in [1.807, 2.05) is 6.92 Å². The van der Waals surface area contributed by atoms with Crippen molar-refractivity contribution in [2.75, 3.05) is 24.4 Å². The van der Waals surface area contributed by atoms with Crippen LogP contribution in [0.15, 0.2) is 30.3 Å². The lowest BCUT2D eigenvalue weighted by Gasteiger charge is -2.18. The van der Waals surface area contributed by atoms with Gasteiger partial charge in [-0.2, -0.15) is 0 Å². The number of fused-ring (bicyclic) bond motifs is 1. The van der Waals surface area contributed by atoms with Crippen LogP contribution in [0.3, 0.4) is 0 Å². The molecule has 2 N–H and O–H groups in total. The number of benzene rings is 2. The van der Waals surface area contributed by atoms with Crippen LogP contribution in [-0.4, -0.2) is 25.5 Å². The highest BCUT2D eigenvalue weighted by Crippen LogP contribution is 2.32. The lowest BCUT2D eigenvalue weighted by molar-refractivity contribution is -0.118. The number of anilines is 2. The molecule has 0 atom stereocenters. The summed E-state index contributed by atoms with van der Waals surface area (Å²) in [5.41, 5.74) is 2.19. The van der Waals surface area contributed by atoms with E-state index in [2.05, 4.69) is 10.6 Å². The standard InChI is InChI=1S/C17H15ClN2O4/c1-9-5-12(15(23-2)7-11(9)18)20-17(22)10-3-4-14-13(6-10)19-16(21)8-24-14/h3-7H,8H2,1-2H3,(H,19,21)(H,20,22). The highest BCUT2D eigenvalue weighted by atomic mass is 35.5. The first-order valence-corrected chi connectivity index (χ1v) is 7.58. The Hall–Kier alpha value is -2.73.